The molecule has 11 heteroatoms. The first kappa shape index (κ1) is 13.6. The lowest BCUT2D eigenvalue weighted by atomic mass is 10.5. The van der Waals surface area contributed by atoms with E-state index in [0.717, 1.165) is 4.57 Å². The molecule has 0 saturated carbocycles. The Balaban J connectivity index is 3.09. The SMILES string of the molecule is CC(Cl)n1c(=O)c2c(nc([N+](=O)[O-])n2C)n(Cl)c1=O. The second kappa shape index (κ2) is 4.35. The molecule has 0 radical (unpaired) electrons. The summed E-state index contributed by atoms with van der Waals surface area (Å²) in [4.78, 5) is 37.5. The standard InChI is InChI=1S/C8H7Cl2N5O4/c1-3(9)13-6(16)4-5(14(10)8(13)17)11-7(12(4)2)15(18)19/h3H,1-2H3. The van der Waals surface area contributed by atoms with E-state index >= 15 is 0 Å². The van der Waals surface area contributed by atoms with Crippen LogP contribution in [0.3, 0.4) is 0 Å². The smallest absolute Gasteiger partial charge is 0.390 e. The number of aryl methyl sites for hydroxylation is 1. The van der Waals surface area contributed by atoms with Crippen molar-refractivity contribution in [2.24, 2.45) is 7.05 Å². The Kier molecular flexibility index (Phi) is 3.11. The molecule has 0 aliphatic heterocycles. The Morgan fingerprint density at radius 1 is 1.42 bits per heavy atom. The van der Waals surface area contributed by atoms with E-state index in [2.05, 4.69) is 4.98 Å². The first-order valence-electron chi connectivity index (χ1n) is 4.96. The second-order valence-corrected chi connectivity index (χ2v) is 4.68. The van der Waals surface area contributed by atoms with Crippen molar-refractivity contribution in [3.8, 4) is 0 Å². The fourth-order valence-electron chi connectivity index (χ4n) is 1.71. The average molecular weight is 308 g/mol. The Morgan fingerprint density at radius 2 is 2.00 bits per heavy atom. The van der Waals surface area contributed by atoms with Gasteiger partial charge in [-0.15, -0.1) is 0 Å². The molecular weight excluding hydrogens is 301 g/mol. The predicted molar refractivity (Wildman–Crippen MR) is 67.7 cm³/mol. The number of alkyl halides is 1. The van der Waals surface area contributed by atoms with Crippen molar-refractivity contribution in [1.82, 2.24) is 18.2 Å². The van der Waals surface area contributed by atoms with Gasteiger partial charge in [0.05, 0.1) is 7.05 Å². The van der Waals surface area contributed by atoms with Crippen LogP contribution in [-0.2, 0) is 7.05 Å². The summed E-state index contributed by atoms with van der Waals surface area (Å²) in [7, 11) is 1.28. The normalized spacial score (nSPS) is 12.8. The molecule has 2 rings (SSSR count). The zero-order chi connectivity index (χ0) is 14.5. The highest BCUT2D eigenvalue weighted by Gasteiger charge is 2.28. The van der Waals surface area contributed by atoms with Crippen LogP contribution in [0.25, 0.3) is 11.2 Å². The van der Waals surface area contributed by atoms with E-state index in [1.165, 1.54) is 14.0 Å². The van der Waals surface area contributed by atoms with E-state index in [1.54, 1.807) is 0 Å². The first-order chi connectivity index (χ1) is 8.77. The van der Waals surface area contributed by atoms with Gasteiger partial charge in [0.2, 0.25) is 5.52 Å². The highest BCUT2D eigenvalue weighted by atomic mass is 35.5. The molecule has 2 aromatic rings. The van der Waals surface area contributed by atoms with E-state index in [0.29, 0.717) is 8.65 Å². The number of aromatic nitrogens is 4. The highest BCUT2D eigenvalue weighted by Crippen LogP contribution is 2.17. The minimum absolute atomic E-state index is 0.172. The van der Waals surface area contributed by atoms with Crippen LogP contribution in [-0.4, -0.2) is 23.1 Å². The molecule has 9 nitrogen and oxygen atoms in total. The van der Waals surface area contributed by atoms with Crippen LogP contribution in [0.1, 0.15) is 12.4 Å². The Hall–Kier alpha value is -1.87. The van der Waals surface area contributed by atoms with Gasteiger partial charge in [-0.3, -0.25) is 4.79 Å². The van der Waals surface area contributed by atoms with E-state index in [-0.39, 0.29) is 11.2 Å². The Morgan fingerprint density at radius 3 is 2.47 bits per heavy atom. The molecule has 0 N–H and O–H groups in total. The number of nitro groups is 1. The molecule has 0 aliphatic rings. The van der Waals surface area contributed by atoms with Crippen LogP contribution in [0.4, 0.5) is 5.95 Å². The minimum Gasteiger partial charge on any atom is -0.390 e. The molecule has 0 amide bonds. The number of rotatable bonds is 2. The predicted octanol–water partition coefficient (Wildman–Crippen LogP) is 0.564. The van der Waals surface area contributed by atoms with Crippen LogP contribution in [0, 0.1) is 10.1 Å². The molecule has 0 fully saturated rings. The molecule has 2 aromatic heterocycles. The maximum atomic E-state index is 12.1. The molecule has 0 aliphatic carbocycles. The van der Waals surface area contributed by atoms with Gasteiger partial charge in [0, 0.05) is 11.8 Å². The van der Waals surface area contributed by atoms with Crippen molar-refractivity contribution < 1.29 is 4.92 Å². The number of hydrogen-bond acceptors (Lipinski definition) is 5. The topological polar surface area (TPSA) is 105 Å². The summed E-state index contributed by atoms with van der Waals surface area (Å²) in [6.07, 6.45) is 0. The van der Waals surface area contributed by atoms with Crippen LogP contribution < -0.4 is 11.2 Å². The quantitative estimate of drug-likeness (QED) is 0.458. The Labute approximate surface area is 114 Å². The summed E-state index contributed by atoms with van der Waals surface area (Å²) >= 11 is 11.5. The lowest BCUT2D eigenvalue weighted by molar-refractivity contribution is -0.396. The maximum absolute atomic E-state index is 12.1. The van der Waals surface area contributed by atoms with Gasteiger partial charge in [0.1, 0.15) is 5.50 Å². The third kappa shape index (κ3) is 1.81. The van der Waals surface area contributed by atoms with Gasteiger partial charge in [-0.05, 0) is 16.8 Å². The minimum atomic E-state index is -0.955. The second-order valence-electron chi connectivity index (χ2n) is 3.71. The fraction of sp³-hybridized carbons (Fsp3) is 0.375. The van der Waals surface area contributed by atoms with Gasteiger partial charge in [0.25, 0.3) is 5.65 Å². The number of fused-ring (bicyclic) bond motifs is 1. The summed E-state index contributed by atoms with van der Waals surface area (Å²) in [6.45, 7) is 1.40. The summed E-state index contributed by atoms with van der Waals surface area (Å²) in [6, 6.07) is 0. The molecule has 1 unspecified atom stereocenters. The first-order valence-corrected chi connectivity index (χ1v) is 5.73. The Bertz CT molecular complexity index is 802. The summed E-state index contributed by atoms with van der Waals surface area (Å²) in [5, 5.41) is 10.8. The fourth-order valence-corrected chi connectivity index (χ4v) is 2.08. The van der Waals surface area contributed by atoms with Crippen molar-refractivity contribution in [2.45, 2.75) is 12.4 Å². The molecular formula is C8H7Cl2N5O4. The maximum Gasteiger partial charge on any atom is 0.437 e. The molecule has 0 bridgehead atoms. The van der Waals surface area contributed by atoms with Crippen molar-refractivity contribution >= 4 is 40.5 Å². The highest BCUT2D eigenvalue weighted by molar-refractivity contribution is 6.19. The van der Waals surface area contributed by atoms with Gasteiger partial charge >= 0.3 is 17.2 Å². The lowest BCUT2D eigenvalue weighted by Crippen LogP contribution is -2.38. The molecule has 102 valence electrons. The molecule has 0 saturated heterocycles. The number of nitrogens with zero attached hydrogens (tertiary/aromatic N) is 5. The monoisotopic (exact) mass is 307 g/mol. The van der Waals surface area contributed by atoms with Crippen LogP contribution >= 0.6 is 23.4 Å². The van der Waals surface area contributed by atoms with Crippen molar-refractivity contribution in [1.29, 1.82) is 0 Å². The molecule has 2 heterocycles. The van der Waals surface area contributed by atoms with Crippen LogP contribution in [0.5, 0.6) is 0 Å². The summed E-state index contributed by atoms with van der Waals surface area (Å²) < 4.78 is 2.16. The van der Waals surface area contributed by atoms with Gasteiger partial charge < -0.3 is 10.1 Å². The van der Waals surface area contributed by atoms with Gasteiger partial charge in [-0.2, -0.15) is 4.09 Å². The van der Waals surface area contributed by atoms with Crippen molar-refractivity contribution in [3.05, 3.63) is 31.0 Å². The van der Waals surface area contributed by atoms with Gasteiger partial charge in [-0.25, -0.2) is 13.9 Å². The van der Waals surface area contributed by atoms with Crippen molar-refractivity contribution in [2.75, 3.05) is 0 Å². The van der Waals surface area contributed by atoms with E-state index < -0.39 is 27.6 Å². The molecule has 0 aromatic carbocycles. The van der Waals surface area contributed by atoms with Crippen molar-refractivity contribution in [3.63, 3.8) is 0 Å². The average Bonchev–Trinajstić information content (AvgIpc) is 2.64. The molecule has 0 spiro atoms. The number of halogens is 2. The zero-order valence-corrected chi connectivity index (χ0v) is 11.2. The number of hydrogen-bond donors (Lipinski definition) is 0. The van der Waals surface area contributed by atoms with Crippen LogP contribution in [0.2, 0.25) is 0 Å². The van der Waals surface area contributed by atoms with E-state index in [4.69, 9.17) is 23.4 Å². The third-order valence-electron chi connectivity index (χ3n) is 2.55. The van der Waals surface area contributed by atoms with Gasteiger partial charge in [-0.1, -0.05) is 11.6 Å². The number of imidazole rings is 1. The van der Waals surface area contributed by atoms with Crippen LogP contribution in [0.15, 0.2) is 9.59 Å². The molecule has 1 atom stereocenters. The zero-order valence-electron chi connectivity index (χ0n) is 9.70. The van der Waals surface area contributed by atoms with Gasteiger partial charge in [0.15, 0.2) is 0 Å². The summed E-state index contributed by atoms with van der Waals surface area (Å²) in [5.41, 5.74) is -3.10. The summed E-state index contributed by atoms with van der Waals surface area (Å²) in [5.74, 6) is -0.596. The largest absolute Gasteiger partial charge is 0.437 e. The van der Waals surface area contributed by atoms with E-state index in [9.17, 15) is 19.7 Å². The van der Waals surface area contributed by atoms with E-state index in [1.807, 2.05) is 0 Å². The lowest BCUT2D eigenvalue weighted by Gasteiger charge is -2.06. The molecule has 19 heavy (non-hydrogen) atoms. The third-order valence-corrected chi connectivity index (χ3v) is 3.05.